The Morgan fingerprint density at radius 3 is 2.72 bits per heavy atom. The molecule has 1 aliphatic rings. The number of hydrogen-bond acceptors (Lipinski definition) is 4. The molecule has 6 nitrogen and oxygen atoms in total. The van der Waals surface area contributed by atoms with Gasteiger partial charge in [0.2, 0.25) is 15.8 Å². The fourth-order valence-electron chi connectivity index (χ4n) is 1.94. The van der Waals surface area contributed by atoms with Crippen molar-refractivity contribution in [2.45, 2.75) is 37.6 Å². The van der Waals surface area contributed by atoms with Gasteiger partial charge in [-0.25, -0.2) is 17.9 Å². The van der Waals surface area contributed by atoms with E-state index in [-0.39, 0.29) is 22.5 Å². The molecule has 2 unspecified atom stereocenters. The normalized spacial score (nSPS) is 23.0. The summed E-state index contributed by atoms with van der Waals surface area (Å²) >= 11 is 0. The molecule has 2 N–H and O–H groups in total. The third kappa shape index (κ3) is 2.41. The van der Waals surface area contributed by atoms with Crippen LogP contribution in [0.5, 0.6) is 0 Å². The van der Waals surface area contributed by atoms with E-state index < -0.39 is 16.0 Å². The van der Waals surface area contributed by atoms with E-state index in [4.69, 9.17) is 9.52 Å². The summed E-state index contributed by atoms with van der Waals surface area (Å²) in [6.45, 7) is 3.44. The van der Waals surface area contributed by atoms with Gasteiger partial charge in [-0.1, -0.05) is 13.3 Å². The van der Waals surface area contributed by atoms with Crippen LogP contribution in [-0.4, -0.2) is 25.5 Å². The number of furan rings is 1. The molecule has 18 heavy (non-hydrogen) atoms. The Morgan fingerprint density at radius 2 is 2.28 bits per heavy atom. The van der Waals surface area contributed by atoms with Crippen molar-refractivity contribution in [3.8, 4) is 0 Å². The number of aromatic carboxylic acids is 1. The van der Waals surface area contributed by atoms with Crippen LogP contribution in [0.3, 0.4) is 0 Å². The second-order valence-corrected chi connectivity index (χ2v) is 6.15. The van der Waals surface area contributed by atoms with Gasteiger partial charge in [0.1, 0.15) is 10.7 Å². The number of hydrogen-bond donors (Lipinski definition) is 2. The quantitative estimate of drug-likeness (QED) is 0.844. The van der Waals surface area contributed by atoms with Crippen LogP contribution in [0.25, 0.3) is 0 Å². The Bertz CT molecular complexity index is 574. The van der Waals surface area contributed by atoms with Gasteiger partial charge < -0.3 is 9.52 Å². The molecule has 1 aliphatic carbocycles. The highest BCUT2D eigenvalue weighted by molar-refractivity contribution is 7.89. The fourth-order valence-corrected chi connectivity index (χ4v) is 3.44. The van der Waals surface area contributed by atoms with Gasteiger partial charge in [0.25, 0.3) is 0 Å². The Balaban J connectivity index is 2.22. The standard InChI is InChI=1S/C11H15NO5S/c1-3-7-4-8(7)12-18(15,16)10-5-9(11(13)14)17-6(10)2/h5,7-8,12H,3-4H2,1-2H3,(H,13,14). The summed E-state index contributed by atoms with van der Waals surface area (Å²) in [6.07, 6.45) is 1.76. The van der Waals surface area contributed by atoms with Crippen LogP contribution in [0.15, 0.2) is 15.4 Å². The van der Waals surface area contributed by atoms with Crippen LogP contribution in [0.4, 0.5) is 0 Å². The largest absolute Gasteiger partial charge is 0.475 e. The van der Waals surface area contributed by atoms with E-state index >= 15 is 0 Å². The zero-order chi connectivity index (χ0) is 13.5. The van der Waals surface area contributed by atoms with E-state index in [1.165, 1.54) is 6.92 Å². The lowest BCUT2D eigenvalue weighted by Crippen LogP contribution is -2.27. The van der Waals surface area contributed by atoms with Crippen LogP contribution in [0.1, 0.15) is 36.1 Å². The Labute approximate surface area is 105 Å². The van der Waals surface area contributed by atoms with E-state index in [0.717, 1.165) is 18.9 Å². The van der Waals surface area contributed by atoms with Crippen molar-refractivity contribution in [2.24, 2.45) is 5.92 Å². The summed E-state index contributed by atoms with van der Waals surface area (Å²) in [5, 5.41) is 8.75. The molecule has 2 rings (SSSR count). The molecule has 0 spiro atoms. The number of carbonyl (C=O) groups is 1. The van der Waals surface area contributed by atoms with Gasteiger partial charge in [-0.15, -0.1) is 0 Å². The Morgan fingerprint density at radius 1 is 1.61 bits per heavy atom. The number of carboxylic acid groups (broad SMARTS) is 1. The molecule has 0 radical (unpaired) electrons. The summed E-state index contributed by atoms with van der Waals surface area (Å²) in [7, 11) is -3.69. The molecule has 7 heteroatoms. The zero-order valence-electron chi connectivity index (χ0n) is 10.1. The Kier molecular flexibility index (Phi) is 3.20. The highest BCUT2D eigenvalue weighted by atomic mass is 32.2. The minimum absolute atomic E-state index is 0.0393. The lowest BCUT2D eigenvalue weighted by Gasteiger charge is -2.04. The molecule has 0 bridgehead atoms. The predicted octanol–water partition coefficient (Wildman–Crippen LogP) is 1.36. The van der Waals surface area contributed by atoms with Crippen molar-refractivity contribution in [3.05, 3.63) is 17.6 Å². The monoisotopic (exact) mass is 273 g/mol. The highest BCUT2D eigenvalue weighted by Gasteiger charge is 2.39. The molecular formula is C11H15NO5S. The van der Waals surface area contributed by atoms with Crippen molar-refractivity contribution in [1.82, 2.24) is 4.72 Å². The van der Waals surface area contributed by atoms with E-state index in [1.54, 1.807) is 0 Å². The number of aryl methyl sites for hydroxylation is 1. The van der Waals surface area contributed by atoms with Crippen molar-refractivity contribution >= 4 is 16.0 Å². The van der Waals surface area contributed by atoms with Gasteiger partial charge in [-0.2, -0.15) is 0 Å². The predicted molar refractivity (Wildman–Crippen MR) is 62.9 cm³/mol. The first-order valence-corrected chi connectivity index (χ1v) is 7.19. The van der Waals surface area contributed by atoms with Crippen LogP contribution < -0.4 is 4.72 Å². The topological polar surface area (TPSA) is 96.6 Å². The molecule has 0 aliphatic heterocycles. The molecule has 2 atom stereocenters. The maximum Gasteiger partial charge on any atom is 0.371 e. The first-order valence-electron chi connectivity index (χ1n) is 5.71. The van der Waals surface area contributed by atoms with Crippen molar-refractivity contribution in [2.75, 3.05) is 0 Å². The van der Waals surface area contributed by atoms with Gasteiger partial charge in [0.15, 0.2) is 0 Å². The van der Waals surface area contributed by atoms with Crippen molar-refractivity contribution in [3.63, 3.8) is 0 Å². The first kappa shape index (κ1) is 13.1. The third-order valence-corrected chi connectivity index (χ3v) is 4.72. The first-order chi connectivity index (χ1) is 8.35. The SMILES string of the molecule is CCC1CC1NS(=O)(=O)c1cc(C(=O)O)oc1C. The molecule has 1 aromatic rings. The van der Waals surface area contributed by atoms with Crippen LogP contribution in [-0.2, 0) is 10.0 Å². The average molecular weight is 273 g/mol. The average Bonchev–Trinajstić information content (AvgIpc) is 2.87. The fraction of sp³-hybridized carbons (Fsp3) is 0.545. The maximum absolute atomic E-state index is 12.0. The number of nitrogens with one attached hydrogen (secondary N) is 1. The van der Waals surface area contributed by atoms with Crippen molar-refractivity contribution < 1.29 is 22.7 Å². The molecule has 0 aromatic carbocycles. The summed E-state index contributed by atoms with van der Waals surface area (Å²) in [5.41, 5.74) is 0. The molecule has 100 valence electrons. The van der Waals surface area contributed by atoms with Gasteiger partial charge in [0.05, 0.1) is 0 Å². The summed E-state index contributed by atoms with van der Waals surface area (Å²) in [6, 6.07) is 1.01. The maximum atomic E-state index is 12.0. The minimum Gasteiger partial charge on any atom is -0.475 e. The zero-order valence-corrected chi connectivity index (χ0v) is 11.0. The van der Waals surface area contributed by atoms with Crippen LogP contribution in [0.2, 0.25) is 0 Å². The smallest absolute Gasteiger partial charge is 0.371 e. The summed E-state index contributed by atoms with van der Waals surface area (Å²) in [4.78, 5) is 10.6. The summed E-state index contributed by atoms with van der Waals surface area (Å²) in [5.74, 6) is -1.17. The number of carboxylic acids is 1. The van der Waals surface area contributed by atoms with Crippen molar-refractivity contribution in [1.29, 1.82) is 0 Å². The molecule has 1 heterocycles. The molecule has 1 saturated carbocycles. The van der Waals surface area contributed by atoms with E-state index in [1.807, 2.05) is 6.92 Å². The molecular weight excluding hydrogens is 258 g/mol. The van der Waals surface area contributed by atoms with E-state index in [9.17, 15) is 13.2 Å². The van der Waals surface area contributed by atoms with Gasteiger partial charge in [-0.05, 0) is 19.3 Å². The minimum atomic E-state index is -3.69. The third-order valence-electron chi connectivity index (χ3n) is 3.13. The van der Waals surface area contributed by atoms with Crippen LogP contribution >= 0.6 is 0 Å². The van der Waals surface area contributed by atoms with Gasteiger partial charge in [0, 0.05) is 12.1 Å². The van der Waals surface area contributed by atoms with Gasteiger partial charge >= 0.3 is 5.97 Å². The lowest BCUT2D eigenvalue weighted by atomic mass is 10.3. The number of sulfonamides is 1. The summed E-state index contributed by atoms with van der Waals surface area (Å²) < 4.78 is 31.5. The Hall–Kier alpha value is -1.34. The van der Waals surface area contributed by atoms with E-state index in [2.05, 4.69) is 4.72 Å². The second kappa shape index (κ2) is 4.40. The molecule has 0 amide bonds. The lowest BCUT2D eigenvalue weighted by molar-refractivity contribution is 0.0661. The number of rotatable bonds is 5. The van der Waals surface area contributed by atoms with Gasteiger partial charge in [-0.3, -0.25) is 0 Å². The highest BCUT2D eigenvalue weighted by Crippen LogP contribution is 2.34. The second-order valence-electron chi connectivity index (χ2n) is 4.47. The van der Waals surface area contributed by atoms with E-state index in [0.29, 0.717) is 5.92 Å². The molecule has 1 fully saturated rings. The van der Waals surface area contributed by atoms with Crippen LogP contribution in [0, 0.1) is 12.8 Å². The molecule has 1 aromatic heterocycles. The molecule has 0 saturated heterocycles.